The largest absolute Gasteiger partial charge is 0.394 e. The molecule has 2 aliphatic heterocycles. The Morgan fingerprint density at radius 3 is 2.20 bits per heavy atom. The Morgan fingerprint density at radius 2 is 1.56 bits per heavy atom. The van der Waals surface area contributed by atoms with Gasteiger partial charge in [-0.15, -0.1) is 0 Å². The van der Waals surface area contributed by atoms with Gasteiger partial charge in [0.25, 0.3) is 0 Å². The molecule has 8 N–H and O–H groups in total. The fourth-order valence-electron chi connectivity index (χ4n) is 12.5. The summed E-state index contributed by atoms with van der Waals surface area (Å²) in [6, 6.07) is 0. The SMILES string of the molecule is CC(C)=CCCC(C)(O)C1CCC2(C)C3CC=C4C(CCC(O[C@@H]5O[C@H](CO)[C@@H](O)[C@H](O)[C@H]5O[C@@H]5O[C@@H](C)[C@H](O)[C@@H](O)[C@H]5O)C4(C)C)C3(C)C(O)CC12C. The fraction of sp³-hybridized carbons (Fsp3) is 0.905. The molecular formula is C42H70O12. The number of fused-ring (bicyclic) bond motifs is 5. The van der Waals surface area contributed by atoms with Gasteiger partial charge in [-0.25, -0.2) is 0 Å². The molecule has 310 valence electrons. The van der Waals surface area contributed by atoms with E-state index in [1.165, 1.54) is 18.1 Å². The Morgan fingerprint density at radius 1 is 0.870 bits per heavy atom. The highest BCUT2D eigenvalue weighted by Gasteiger charge is 2.71. The lowest BCUT2D eigenvalue weighted by molar-refractivity contribution is -0.372. The fourth-order valence-corrected chi connectivity index (χ4v) is 12.5. The number of allylic oxidation sites excluding steroid dienone is 3. The topological polar surface area (TPSA) is 199 Å². The van der Waals surface area contributed by atoms with Gasteiger partial charge in [-0.3, -0.25) is 0 Å². The number of rotatable bonds is 9. The van der Waals surface area contributed by atoms with Gasteiger partial charge in [0.2, 0.25) is 0 Å². The third kappa shape index (κ3) is 6.70. The first kappa shape index (κ1) is 42.6. The molecule has 0 spiro atoms. The molecule has 0 aromatic heterocycles. The van der Waals surface area contributed by atoms with E-state index >= 15 is 0 Å². The summed E-state index contributed by atoms with van der Waals surface area (Å²) < 4.78 is 24.4. The second-order valence-corrected chi connectivity index (χ2v) is 19.6. The predicted molar refractivity (Wildman–Crippen MR) is 200 cm³/mol. The number of aliphatic hydroxyl groups excluding tert-OH is 7. The molecule has 0 bridgehead atoms. The summed E-state index contributed by atoms with van der Waals surface area (Å²) in [6.45, 7) is 18.4. The minimum atomic E-state index is -1.65. The third-order valence-corrected chi connectivity index (χ3v) is 16.0. The van der Waals surface area contributed by atoms with E-state index in [2.05, 4.69) is 60.6 Å². The average molecular weight is 767 g/mol. The molecule has 2 heterocycles. The Labute approximate surface area is 321 Å². The molecule has 0 aromatic carbocycles. The quantitative estimate of drug-likeness (QED) is 0.160. The van der Waals surface area contributed by atoms with Gasteiger partial charge in [0, 0.05) is 10.8 Å². The maximum absolute atomic E-state index is 12.4. The molecule has 2 saturated heterocycles. The number of aliphatic hydroxyl groups is 8. The van der Waals surface area contributed by atoms with Crippen LogP contribution in [-0.2, 0) is 18.9 Å². The van der Waals surface area contributed by atoms with Crippen molar-refractivity contribution in [2.75, 3.05) is 6.61 Å². The van der Waals surface area contributed by atoms with E-state index < -0.39 is 96.7 Å². The van der Waals surface area contributed by atoms with Gasteiger partial charge in [0.15, 0.2) is 12.6 Å². The van der Waals surface area contributed by atoms with Crippen LogP contribution in [0.4, 0.5) is 0 Å². The zero-order valence-corrected chi connectivity index (χ0v) is 33.9. The van der Waals surface area contributed by atoms with E-state index in [0.29, 0.717) is 19.3 Å². The van der Waals surface area contributed by atoms with Crippen molar-refractivity contribution in [3.8, 4) is 0 Å². The van der Waals surface area contributed by atoms with Crippen LogP contribution in [0.15, 0.2) is 23.3 Å². The van der Waals surface area contributed by atoms with E-state index in [-0.39, 0.29) is 28.6 Å². The number of hydrogen-bond acceptors (Lipinski definition) is 12. The lowest BCUT2D eigenvalue weighted by Crippen LogP contribution is -2.66. The summed E-state index contributed by atoms with van der Waals surface area (Å²) in [6.07, 6.45) is -4.17. The van der Waals surface area contributed by atoms with Crippen LogP contribution in [0.1, 0.15) is 114 Å². The first-order valence-electron chi connectivity index (χ1n) is 20.4. The molecule has 19 atom stereocenters. The van der Waals surface area contributed by atoms with E-state index in [1.807, 2.05) is 6.92 Å². The minimum Gasteiger partial charge on any atom is -0.394 e. The van der Waals surface area contributed by atoms with Crippen molar-refractivity contribution < 1.29 is 59.8 Å². The van der Waals surface area contributed by atoms with Crippen LogP contribution in [-0.4, -0.2) is 127 Å². The van der Waals surface area contributed by atoms with Crippen molar-refractivity contribution >= 4 is 0 Å². The van der Waals surface area contributed by atoms with E-state index in [1.54, 1.807) is 0 Å². The zero-order valence-electron chi connectivity index (χ0n) is 33.9. The smallest absolute Gasteiger partial charge is 0.187 e. The van der Waals surface area contributed by atoms with Crippen molar-refractivity contribution in [3.05, 3.63) is 23.3 Å². The van der Waals surface area contributed by atoms with Gasteiger partial charge in [-0.05, 0) is 108 Å². The summed E-state index contributed by atoms with van der Waals surface area (Å²) in [5, 5.41) is 87.8. The molecule has 0 amide bonds. The second kappa shape index (κ2) is 15.0. The second-order valence-electron chi connectivity index (χ2n) is 19.6. The molecule has 12 nitrogen and oxygen atoms in total. The van der Waals surface area contributed by atoms with Gasteiger partial charge in [-0.1, -0.05) is 57.9 Å². The van der Waals surface area contributed by atoms with Crippen LogP contribution in [0.2, 0.25) is 0 Å². The van der Waals surface area contributed by atoms with Crippen LogP contribution in [0.3, 0.4) is 0 Å². The Hall–Kier alpha value is -1.00. The molecule has 12 heteroatoms. The number of ether oxygens (including phenoxy) is 4. The molecule has 54 heavy (non-hydrogen) atoms. The van der Waals surface area contributed by atoms with Crippen molar-refractivity contribution in [3.63, 3.8) is 0 Å². The predicted octanol–water partition coefficient (Wildman–Crippen LogP) is 3.10. The molecule has 9 unspecified atom stereocenters. The van der Waals surface area contributed by atoms with Crippen LogP contribution >= 0.6 is 0 Å². The lowest BCUT2D eigenvalue weighted by atomic mass is 9.38. The van der Waals surface area contributed by atoms with Crippen LogP contribution in [0.5, 0.6) is 0 Å². The highest BCUT2D eigenvalue weighted by molar-refractivity contribution is 5.32. The van der Waals surface area contributed by atoms with Crippen LogP contribution in [0.25, 0.3) is 0 Å². The summed E-state index contributed by atoms with van der Waals surface area (Å²) >= 11 is 0. The number of hydrogen-bond donors (Lipinski definition) is 8. The van der Waals surface area contributed by atoms with Crippen molar-refractivity contribution in [1.29, 1.82) is 0 Å². The van der Waals surface area contributed by atoms with Crippen LogP contribution < -0.4 is 0 Å². The molecule has 6 rings (SSSR count). The van der Waals surface area contributed by atoms with E-state index in [4.69, 9.17) is 18.9 Å². The highest BCUT2D eigenvalue weighted by atomic mass is 16.8. The standard InChI is InChI=1S/C42H70O12/c1-21(2)11-10-17-41(8,50)26-16-18-39(6)27-14-12-23-24(42(27,9)28(44)19-40(26,39)7)13-15-29(38(23,4)5)53-37-35(33(48)31(46)25(20-43)52-37)54-36-34(49)32(47)30(45)22(3)51-36/h11-12,22,24-37,43-50H,10,13-20H2,1-9H3/t22-,24?,25+,26?,27?,28?,29?,30-,31+,32+,33-,34+,35+,36-,37-,39?,40?,41?,42?/m0/s1. The van der Waals surface area contributed by atoms with Crippen LogP contribution in [0, 0.1) is 39.4 Å². The van der Waals surface area contributed by atoms with E-state index in [9.17, 15) is 40.9 Å². The summed E-state index contributed by atoms with van der Waals surface area (Å²) in [4.78, 5) is 0. The first-order valence-corrected chi connectivity index (χ1v) is 20.4. The van der Waals surface area contributed by atoms with Crippen molar-refractivity contribution in [2.24, 2.45) is 39.4 Å². The Kier molecular flexibility index (Phi) is 11.8. The summed E-state index contributed by atoms with van der Waals surface area (Å²) in [5.74, 6) is 0.361. The molecule has 6 aliphatic rings. The lowest BCUT2D eigenvalue weighted by Gasteiger charge is -2.68. The highest BCUT2D eigenvalue weighted by Crippen LogP contribution is 2.75. The minimum absolute atomic E-state index is 0.0738. The zero-order chi connectivity index (χ0) is 39.9. The van der Waals surface area contributed by atoms with E-state index in [0.717, 1.165) is 32.1 Å². The van der Waals surface area contributed by atoms with Gasteiger partial charge >= 0.3 is 0 Å². The van der Waals surface area contributed by atoms with Crippen molar-refractivity contribution in [1.82, 2.24) is 0 Å². The van der Waals surface area contributed by atoms with Gasteiger partial charge in [0.05, 0.1) is 30.5 Å². The molecular weight excluding hydrogens is 696 g/mol. The third-order valence-electron chi connectivity index (χ3n) is 16.0. The normalized spacial score (nSPS) is 51.3. The van der Waals surface area contributed by atoms with Crippen molar-refractivity contribution in [2.45, 2.75) is 193 Å². The Balaban J connectivity index is 1.25. The maximum Gasteiger partial charge on any atom is 0.187 e. The molecule has 5 fully saturated rings. The molecule has 3 saturated carbocycles. The monoisotopic (exact) mass is 766 g/mol. The van der Waals surface area contributed by atoms with Gasteiger partial charge in [0.1, 0.15) is 42.7 Å². The molecule has 0 aromatic rings. The van der Waals surface area contributed by atoms with Gasteiger partial charge < -0.3 is 59.8 Å². The summed E-state index contributed by atoms with van der Waals surface area (Å²) in [7, 11) is 0. The first-order chi connectivity index (χ1) is 25.1. The molecule has 0 radical (unpaired) electrons. The van der Waals surface area contributed by atoms with Gasteiger partial charge in [-0.2, -0.15) is 0 Å². The Bertz CT molecular complexity index is 1410. The average Bonchev–Trinajstić information content (AvgIpc) is 3.37. The summed E-state index contributed by atoms with van der Waals surface area (Å²) in [5.41, 5.74) is 0.323. The maximum atomic E-state index is 12.4. The molecule has 4 aliphatic carbocycles.